The van der Waals surface area contributed by atoms with Crippen LogP contribution in [0.4, 0.5) is 0 Å². The zero-order valence-corrected chi connectivity index (χ0v) is 14.5. The summed E-state index contributed by atoms with van der Waals surface area (Å²) in [6.07, 6.45) is 4.73. The normalized spacial score (nSPS) is 17.3. The molecule has 4 nitrogen and oxygen atoms in total. The van der Waals surface area contributed by atoms with Crippen molar-refractivity contribution >= 4 is 27.3 Å². The van der Waals surface area contributed by atoms with Crippen LogP contribution in [0.1, 0.15) is 29.8 Å². The molecule has 116 valence electrons. The van der Waals surface area contributed by atoms with Gasteiger partial charge >= 0.3 is 0 Å². The number of halogens is 1. The van der Waals surface area contributed by atoms with Gasteiger partial charge in [-0.25, -0.2) is 9.50 Å². The summed E-state index contributed by atoms with van der Waals surface area (Å²) in [5, 5.41) is 4.62. The Morgan fingerprint density at radius 1 is 1.35 bits per heavy atom. The minimum Gasteiger partial charge on any atom is -0.363 e. The van der Waals surface area contributed by atoms with Crippen LogP contribution in [-0.2, 0) is 6.42 Å². The Bertz CT molecular complexity index is 899. The fraction of sp³-hybridized carbons (Fsp3) is 0.222. The zero-order valence-electron chi connectivity index (χ0n) is 12.9. The van der Waals surface area contributed by atoms with E-state index in [1.807, 2.05) is 12.3 Å². The standard InChI is InChI=1S/C18H17BrN4/c1-12-16-6-4-3-5-14(16)7-8-22(12)13(2)17-9-18-20-10-15(19)11-23(18)21-17/h3-6,9-12H,2,7-8H2,1H3/t12-/m1/s1. The van der Waals surface area contributed by atoms with Gasteiger partial charge in [0.15, 0.2) is 5.65 Å². The van der Waals surface area contributed by atoms with E-state index in [9.17, 15) is 0 Å². The van der Waals surface area contributed by atoms with Gasteiger partial charge in [-0.15, -0.1) is 0 Å². The second-order valence-electron chi connectivity index (χ2n) is 5.87. The summed E-state index contributed by atoms with van der Waals surface area (Å²) >= 11 is 3.43. The van der Waals surface area contributed by atoms with Gasteiger partial charge in [0.05, 0.1) is 16.2 Å². The number of nitrogens with zero attached hydrogens (tertiary/aromatic N) is 4. The molecule has 0 unspecified atom stereocenters. The summed E-state index contributed by atoms with van der Waals surface area (Å²) in [5.41, 5.74) is 5.47. The Kier molecular flexibility index (Phi) is 3.45. The molecule has 1 aliphatic rings. The highest BCUT2D eigenvalue weighted by molar-refractivity contribution is 9.10. The summed E-state index contributed by atoms with van der Waals surface area (Å²) in [7, 11) is 0. The fourth-order valence-electron chi connectivity index (χ4n) is 3.28. The van der Waals surface area contributed by atoms with Gasteiger partial charge < -0.3 is 4.90 Å². The summed E-state index contributed by atoms with van der Waals surface area (Å²) in [4.78, 5) is 6.71. The Labute approximate surface area is 143 Å². The Morgan fingerprint density at radius 2 is 2.17 bits per heavy atom. The second kappa shape index (κ2) is 5.49. The van der Waals surface area contributed by atoms with Crippen molar-refractivity contribution in [2.45, 2.75) is 19.4 Å². The monoisotopic (exact) mass is 368 g/mol. The van der Waals surface area contributed by atoms with Gasteiger partial charge in [0.1, 0.15) is 5.69 Å². The van der Waals surface area contributed by atoms with Crippen molar-refractivity contribution in [2.24, 2.45) is 0 Å². The van der Waals surface area contributed by atoms with Gasteiger partial charge in [-0.3, -0.25) is 0 Å². The highest BCUT2D eigenvalue weighted by atomic mass is 79.9. The number of aromatic nitrogens is 3. The molecule has 0 spiro atoms. The van der Waals surface area contributed by atoms with Crippen LogP contribution in [0.15, 0.2) is 53.8 Å². The molecule has 4 rings (SSSR count). The molecule has 2 aromatic heterocycles. The van der Waals surface area contributed by atoms with E-state index in [0.29, 0.717) is 6.04 Å². The molecular formula is C18H17BrN4. The smallest absolute Gasteiger partial charge is 0.155 e. The van der Waals surface area contributed by atoms with Crippen molar-refractivity contribution in [1.29, 1.82) is 0 Å². The van der Waals surface area contributed by atoms with E-state index in [1.165, 1.54) is 11.1 Å². The SMILES string of the molecule is C=C(c1cc2ncc(Br)cn2n1)N1CCc2ccccc2[C@H]1C. The number of fused-ring (bicyclic) bond motifs is 2. The van der Waals surface area contributed by atoms with E-state index in [1.54, 1.807) is 10.7 Å². The first-order valence-electron chi connectivity index (χ1n) is 7.68. The van der Waals surface area contributed by atoms with E-state index in [4.69, 9.17) is 0 Å². The molecule has 3 aromatic rings. The largest absolute Gasteiger partial charge is 0.363 e. The third-order valence-corrected chi connectivity index (χ3v) is 4.93. The quantitative estimate of drug-likeness (QED) is 0.683. The molecule has 1 atom stereocenters. The summed E-state index contributed by atoms with van der Waals surface area (Å²) in [6.45, 7) is 7.49. The highest BCUT2D eigenvalue weighted by Crippen LogP contribution is 2.34. The van der Waals surface area contributed by atoms with E-state index in [2.05, 4.69) is 68.7 Å². The molecule has 0 saturated heterocycles. The topological polar surface area (TPSA) is 33.4 Å². The van der Waals surface area contributed by atoms with Crippen LogP contribution >= 0.6 is 15.9 Å². The molecule has 0 amide bonds. The summed E-state index contributed by atoms with van der Waals surface area (Å²) < 4.78 is 2.69. The first-order valence-corrected chi connectivity index (χ1v) is 8.47. The molecule has 23 heavy (non-hydrogen) atoms. The predicted molar refractivity (Wildman–Crippen MR) is 95.0 cm³/mol. The predicted octanol–water partition coefficient (Wildman–Crippen LogP) is 4.08. The lowest BCUT2D eigenvalue weighted by molar-refractivity contribution is 0.300. The van der Waals surface area contributed by atoms with Crippen LogP contribution < -0.4 is 0 Å². The Morgan fingerprint density at radius 3 is 3.04 bits per heavy atom. The average Bonchev–Trinajstić information content (AvgIpc) is 2.98. The number of hydrogen-bond acceptors (Lipinski definition) is 3. The number of rotatable bonds is 2. The second-order valence-corrected chi connectivity index (χ2v) is 6.79. The van der Waals surface area contributed by atoms with Gasteiger partial charge in [0.25, 0.3) is 0 Å². The van der Waals surface area contributed by atoms with E-state index < -0.39 is 0 Å². The molecule has 1 aromatic carbocycles. The molecule has 0 fully saturated rings. The van der Waals surface area contributed by atoms with Crippen molar-refractivity contribution < 1.29 is 0 Å². The van der Waals surface area contributed by atoms with Crippen molar-refractivity contribution in [2.75, 3.05) is 6.54 Å². The van der Waals surface area contributed by atoms with Gasteiger partial charge in [-0.1, -0.05) is 30.8 Å². The molecular weight excluding hydrogens is 352 g/mol. The molecule has 1 aliphatic heterocycles. The first kappa shape index (κ1) is 14.5. The summed E-state index contributed by atoms with van der Waals surface area (Å²) in [5.74, 6) is 0. The van der Waals surface area contributed by atoms with Gasteiger partial charge in [0, 0.05) is 25.0 Å². The molecule has 0 N–H and O–H groups in total. The van der Waals surface area contributed by atoms with Crippen LogP contribution in [0.5, 0.6) is 0 Å². The average molecular weight is 369 g/mol. The van der Waals surface area contributed by atoms with E-state index >= 15 is 0 Å². The van der Waals surface area contributed by atoms with Crippen molar-refractivity contribution in [3.05, 3.63) is 70.6 Å². The van der Waals surface area contributed by atoms with Crippen LogP contribution in [0.25, 0.3) is 11.3 Å². The van der Waals surface area contributed by atoms with Crippen LogP contribution in [-0.4, -0.2) is 26.0 Å². The first-order chi connectivity index (χ1) is 11.1. The van der Waals surface area contributed by atoms with Crippen LogP contribution in [0, 0.1) is 0 Å². The van der Waals surface area contributed by atoms with Gasteiger partial charge in [-0.2, -0.15) is 5.10 Å². The van der Waals surface area contributed by atoms with Crippen LogP contribution in [0.3, 0.4) is 0 Å². The molecule has 0 aliphatic carbocycles. The van der Waals surface area contributed by atoms with E-state index in [-0.39, 0.29) is 0 Å². The van der Waals surface area contributed by atoms with Crippen molar-refractivity contribution in [3.8, 4) is 0 Å². The van der Waals surface area contributed by atoms with Crippen LogP contribution in [0.2, 0.25) is 0 Å². The highest BCUT2D eigenvalue weighted by Gasteiger charge is 2.25. The molecule has 3 heterocycles. The Balaban J connectivity index is 1.68. The minimum absolute atomic E-state index is 0.303. The maximum atomic E-state index is 4.62. The fourth-order valence-corrected chi connectivity index (χ4v) is 3.58. The summed E-state index contributed by atoms with van der Waals surface area (Å²) in [6, 6.07) is 10.9. The van der Waals surface area contributed by atoms with Crippen molar-refractivity contribution in [1.82, 2.24) is 19.5 Å². The third kappa shape index (κ3) is 2.45. The third-order valence-electron chi connectivity index (χ3n) is 4.52. The van der Waals surface area contributed by atoms with Gasteiger partial charge in [-0.05, 0) is 40.4 Å². The number of benzene rings is 1. The minimum atomic E-state index is 0.303. The van der Waals surface area contributed by atoms with E-state index in [0.717, 1.165) is 34.5 Å². The number of hydrogen-bond donors (Lipinski definition) is 0. The zero-order chi connectivity index (χ0) is 16.0. The maximum Gasteiger partial charge on any atom is 0.155 e. The van der Waals surface area contributed by atoms with Gasteiger partial charge in [0.2, 0.25) is 0 Å². The molecule has 5 heteroatoms. The molecule has 0 saturated carbocycles. The lowest BCUT2D eigenvalue weighted by atomic mass is 9.93. The Hall–Kier alpha value is -2.14. The van der Waals surface area contributed by atoms with Crippen molar-refractivity contribution in [3.63, 3.8) is 0 Å². The lowest BCUT2D eigenvalue weighted by Gasteiger charge is -2.37. The lowest BCUT2D eigenvalue weighted by Crippen LogP contribution is -2.32. The maximum absolute atomic E-state index is 4.62. The molecule has 0 bridgehead atoms. The molecule has 0 radical (unpaired) electrons.